The fourth-order valence-electron chi connectivity index (χ4n) is 1.53. The maximum atomic E-state index is 6.07. The van der Waals surface area contributed by atoms with Crippen LogP contribution >= 0.6 is 34.8 Å². The highest BCUT2D eigenvalue weighted by molar-refractivity contribution is 6.42. The highest BCUT2D eigenvalue weighted by Gasteiger charge is 2.16. The van der Waals surface area contributed by atoms with Crippen LogP contribution in [0.15, 0.2) is 6.07 Å². The lowest BCUT2D eigenvalue weighted by Crippen LogP contribution is -2.44. The van der Waals surface area contributed by atoms with Gasteiger partial charge in [0.25, 0.3) is 0 Å². The monoisotopic (exact) mass is 265 g/mol. The maximum absolute atomic E-state index is 6.07. The SMILES string of the molecule is Clc1cc(Cl)c(N2CCNCC2)nc1Cl. The van der Waals surface area contributed by atoms with Crippen LogP contribution in [0.25, 0.3) is 0 Å². The van der Waals surface area contributed by atoms with Crippen molar-refractivity contribution < 1.29 is 0 Å². The highest BCUT2D eigenvalue weighted by atomic mass is 35.5. The molecule has 0 aromatic carbocycles. The van der Waals surface area contributed by atoms with E-state index in [4.69, 9.17) is 34.8 Å². The van der Waals surface area contributed by atoms with Crippen molar-refractivity contribution >= 4 is 40.6 Å². The van der Waals surface area contributed by atoms with Gasteiger partial charge in [-0.05, 0) is 6.07 Å². The summed E-state index contributed by atoms with van der Waals surface area (Å²) in [6, 6.07) is 1.63. The number of hydrogen-bond donors (Lipinski definition) is 1. The first-order chi connectivity index (χ1) is 7.18. The third-order valence-corrected chi connectivity index (χ3v) is 3.24. The fraction of sp³-hybridized carbons (Fsp3) is 0.444. The molecule has 82 valence electrons. The van der Waals surface area contributed by atoms with Crippen molar-refractivity contribution in [1.82, 2.24) is 10.3 Å². The number of rotatable bonds is 1. The molecular weight excluding hydrogens is 256 g/mol. The third kappa shape index (κ3) is 2.48. The summed E-state index contributed by atoms with van der Waals surface area (Å²) in [5, 5.41) is 4.50. The minimum absolute atomic E-state index is 0.301. The van der Waals surface area contributed by atoms with Gasteiger partial charge in [0.15, 0.2) is 0 Å². The van der Waals surface area contributed by atoms with Gasteiger partial charge in [0, 0.05) is 26.2 Å². The summed E-state index contributed by atoms with van der Waals surface area (Å²) >= 11 is 17.7. The van der Waals surface area contributed by atoms with Gasteiger partial charge < -0.3 is 10.2 Å². The fourth-order valence-corrected chi connectivity index (χ4v) is 2.15. The van der Waals surface area contributed by atoms with Gasteiger partial charge in [0.2, 0.25) is 0 Å². The van der Waals surface area contributed by atoms with Crippen molar-refractivity contribution in [2.24, 2.45) is 0 Å². The topological polar surface area (TPSA) is 28.2 Å². The molecule has 1 aliphatic rings. The lowest BCUT2D eigenvalue weighted by atomic mass is 10.3. The smallest absolute Gasteiger partial charge is 0.150 e. The van der Waals surface area contributed by atoms with Crippen LogP contribution in [0.5, 0.6) is 0 Å². The van der Waals surface area contributed by atoms with Gasteiger partial charge in [-0.3, -0.25) is 0 Å². The second-order valence-corrected chi connectivity index (χ2v) is 4.48. The molecule has 0 radical (unpaired) electrons. The number of halogens is 3. The van der Waals surface area contributed by atoms with E-state index in [0.717, 1.165) is 26.2 Å². The molecule has 0 bridgehead atoms. The normalized spacial score (nSPS) is 16.9. The predicted octanol–water partition coefficient (Wildman–Crippen LogP) is 2.45. The first-order valence-electron chi connectivity index (χ1n) is 4.65. The molecule has 1 aromatic heterocycles. The van der Waals surface area contributed by atoms with Crippen molar-refractivity contribution in [3.8, 4) is 0 Å². The van der Waals surface area contributed by atoms with E-state index >= 15 is 0 Å². The average Bonchev–Trinajstić information content (AvgIpc) is 2.25. The minimum Gasteiger partial charge on any atom is -0.353 e. The van der Waals surface area contributed by atoms with Crippen molar-refractivity contribution in [2.75, 3.05) is 31.1 Å². The van der Waals surface area contributed by atoms with Crippen molar-refractivity contribution in [3.05, 3.63) is 21.3 Å². The number of piperazine rings is 1. The molecule has 0 unspecified atom stereocenters. The zero-order chi connectivity index (χ0) is 10.8. The molecule has 1 aliphatic heterocycles. The largest absolute Gasteiger partial charge is 0.353 e. The molecule has 2 heterocycles. The van der Waals surface area contributed by atoms with Gasteiger partial charge in [-0.1, -0.05) is 34.8 Å². The summed E-state index contributed by atoms with van der Waals surface area (Å²) in [6.45, 7) is 3.62. The Balaban J connectivity index is 2.30. The molecule has 1 aromatic rings. The number of anilines is 1. The summed E-state index contributed by atoms with van der Waals surface area (Å²) in [7, 11) is 0. The Labute approximate surface area is 103 Å². The van der Waals surface area contributed by atoms with Crippen LogP contribution in [0.4, 0.5) is 5.82 Å². The molecule has 0 aliphatic carbocycles. The molecular formula is C9H10Cl3N3. The summed E-state index contributed by atoms with van der Waals surface area (Å²) in [5.41, 5.74) is 0. The van der Waals surface area contributed by atoms with Crippen LogP contribution in [0, 0.1) is 0 Å². The Morgan fingerprint density at radius 3 is 2.47 bits per heavy atom. The van der Waals surface area contributed by atoms with Gasteiger partial charge in [-0.15, -0.1) is 0 Å². The second-order valence-electron chi connectivity index (χ2n) is 3.30. The Morgan fingerprint density at radius 2 is 1.80 bits per heavy atom. The molecule has 0 saturated carbocycles. The molecule has 1 fully saturated rings. The Kier molecular flexibility index (Phi) is 3.57. The number of pyridine rings is 1. The van der Waals surface area contributed by atoms with Crippen LogP contribution < -0.4 is 10.2 Å². The molecule has 3 nitrogen and oxygen atoms in total. The Bertz CT molecular complexity index is 364. The van der Waals surface area contributed by atoms with Gasteiger partial charge in [0.05, 0.1) is 10.0 Å². The van der Waals surface area contributed by atoms with E-state index in [2.05, 4.69) is 15.2 Å². The highest BCUT2D eigenvalue weighted by Crippen LogP contribution is 2.31. The summed E-state index contributed by atoms with van der Waals surface area (Å²) in [6.07, 6.45) is 0. The van der Waals surface area contributed by atoms with E-state index in [1.165, 1.54) is 0 Å². The van der Waals surface area contributed by atoms with E-state index < -0.39 is 0 Å². The molecule has 0 spiro atoms. The molecule has 1 N–H and O–H groups in total. The first kappa shape index (κ1) is 11.3. The van der Waals surface area contributed by atoms with Crippen molar-refractivity contribution in [1.29, 1.82) is 0 Å². The van der Waals surface area contributed by atoms with E-state index in [9.17, 15) is 0 Å². The Morgan fingerprint density at radius 1 is 1.13 bits per heavy atom. The lowest BCUT2D eigenvalue weighted by molar-refractivity contribution is 0.585. The maximum Gasteiger partial charge on any atom is 0.150 e. The predicted molar refractivity (Wildman–Crippen MR) is 64.3 cm³/mol. The van der Waals surface area contributed by atoms with Crippen molar-refractivity contribution in [2.45, 2.75) is 0 Å². The zero-order valence-electron chi connectivity index (χ0n) is 7.93. The number of nitrogens with one attached hydrogen (secondary N) is 1. The second kappa shape index (κ2) is 4.74. The van der Waals surface area contributed by atoms with Crippen LogP contribution in [-0.4, -0.2) is 31.2 Å². The molecule has 15 heavy (non-hydrogen) atoms. The molecule has 1 saturated heterocycles. The first-order valence-corrected chi connectivity index (χ1v) is 5.79. The van der Waals surface area contributed by atoms with Crippen LogP contribution in [0.2, 0.25) is 15.2 Å². The molecule has 0 atom stereocenters. The summed E-state index contributed by atoms with van der Waals surface area (Å²) in [5.74, 6) is 0.715. The quantitative estimate of drug-likeness (QED) is 0.792. The zero-order valence-corrected chi connectivity index (χ0v) is 10.2. The van der Waals surface area contributed by atoms with Gasteiger partial charge in [0.1, 0.15) is 11.0 Å². The third-order valence-electron chi connectivity index (χ3n) is 2.28. The lowest BCUT2D eigenvalue weighted by Gasteiger charge is -2.29. The van der Waals surface area contributed by atoms with E-state index in [1.54, 1.807) is 6.07 Å². The van der Waals surface area contributed by atoms with Crippen LogP contribution in [-0.2, 0) is 0 Å². The van der Waals surface area contributed by atoms with E-state index in [1.807, 2.05) is 0 Å². The molecule has 0 amide bonds. The van der Waals surface area contributed by atoms with Gasteiger partial charge >= 0.3 is 0 Å². The molecule has 6 heteroatoms. The summed E-state index contributed by atoms with van der Waals surface area (Å²) in [4.78, 5) is 6.29. The number of nitrogens with zero attached hydrogens (tertiary/aromatic N) is 2. The standard InChI is InChI=1S/C9H10Cl3N3/c10-6-5-7(11)9(14-8(6)12)15-3-1-13-2-4-15/h5,13H,1-4H2. The van der Waals surface area contributed by atoms with Crippen molar-refractivity contribution in [3.63, 3.8) is 0 Å². The average molecular weight is 267 g/mol. The number of hydrogen-bond acceptors (Lipinski definition) is 3. The van der Waals surface area contributed by atoms with Gasteiger partial charge in [-0.25, -0.2) is 4.98 Å². The van der Waals surface area contributed by atoms with Crippen LogP contribution in [0.3, 0.4) is 0 Å². The minimum atomic E-state index is 0.301. The summed E-state index contributed by atoms with van der Waals surface area (Å²) < 4.78 is 0. The van der Waals surface area contributed by atoms with E-state index in [-0.39, 0.29) is 0 Å². The molecule has 2 rings (SSSR count). The van der Waals surface area contributed by atoms with E-state index in [0.29, 0.717) is 21.0 Å². The van der Waals surface area contributed by atoms with Crippen LogP contribution in [0.1, 0.15) is 0 Å². The number of aromatic nitrogens is 1. The Hall–Kier alpha value is -0.220. The van der Waals surface area contributed by atoms with Gasteiger partial charge in [-0.2, -0.15) is 0 Å².